The number of nitrogens with one attached hydrogen (secondary N) is 1. The van der Waals surface area contributed by atoms with Crippen LogP contribution < -0.4 is 11.1 Å². The molecule has 0 radical (unpaired) electrons. The number of fused-ring (bicyclic) bond motifs is 1. The van der Waals surface area contributed by atoms with E-state index < -0.39 is 5.54 Å². The molecule has 31 heavy (non-hydrogen) atoms. The number of aromatic nitrogens is 2. The lowest BCUT2D eigenvalue weighted by molar-refractivity contribution is -0.133. The first-order chi connectivity index (χ1) is 14.6. The van der Waals surface area contributed by atoms with Crippen molar-refractivity contribution in [1.29, 1.82) is 0 Å². The summed E-state index contributed by atoms with van der Waals surface area (Å²) < 4.78 is 29.0. The summed E-state index contributed by atoms with van der Waals surface area (Å²) in [6.45, 7) is 5.22. The number of halogens is 2. The third-order valence-electron chi connectivity index (χ3n) is 5.04. The predicted molar refractivity (Wildman–Crippen MR) is 116 cm³/mol. The molecule has 0 bridgehead atoms. The largest absolute Gasteiger partial charge is 0.339 e. The van der Waals surface area contributed by atoms with Crippen LogP contribution in [0.5, 0.6) is 0 Å². The lowest BCUT2D eigenvalue weighted by Crippen LogP contribution is -2.49. The molecule has 0 spiro atoms. The summed E-state index contributed by atoms with van der Waals surface area (Å²) in [7, 11) is 0. The average molecular weight is 423 g/mol. The molecule has 1 aliphatic heterocycles. The first-order valence-corrected chi connectivity index (χ1v) is 9.82. The molecular formula is C23H23F2N5O. The quantitative estimate of drug-likeness (QED) is 0.653. The minimum Gasteiger partial charge on any atom is -0.339 e. The topological polar surface area (TPSA) is 76.2 Å². The Hall–Kier alpha value is -3.52. The first-order valence-electron chi connectivity index (χ1n) is 9.82. The second-order valence-corrected chi connectivity index (χ2v) is 8.14. The number of aryl methyl sites for hydroxylation is 1. The molecular weight excluding hydrogens is 400 g/mol. The zero-order valence-electron chi connectivity index (χ0n) is 17.5. The van der Waals surface area contributed by atoms with Crippen molar-refractivity contribution in [1.82, 2.24) is 14.5 Å². The van der Waals surface area contributed by atoms with E-state index in [-0.39, 0.29) is 24.1 Å². The molecule has 4 rings (SSSR count). The Balaban J connectivity index is 1.78. The standard InChI is InChI=1S/C23H23F2N5O/c1-14-12-17(8-9-18(14)25)27-21-20(15-4-6-16(24)7-5-15)28-19-13-29(10-11-30(19)21)22(31)23(2,3)26/h4-12,27H,13,26H2,1-3H3. The number of amides is 1. The van der Waals surface area contributed by atoms with Gasteiger partial charge in [0, 0.05) is 23.7 Å². The van der Waals surface area contributed by atoms with Gasteiger partial charge in [0.25, 0.3) is 0 Å². The van der Waals surface area contributed by atoms with E-state index in [9.17, 15) is 13.6 Å². The number of nitrogens with zero attached hydrogens (tertiary/aromatic N) is 3. The highest BCUT2D eigenvalue weighted by molar-refractivity contribution is 5.87. The number of imidazole rings is 1. The summed E-state index contributed by atoms with van der Waals surface area (Å²) in [6.07, 6.45) is 3.38. The number of hydrogen-bond acceptors (Lipinski definition) is 4. The zero-order valence-corrected chi connectivity index (χ0v) is 17.5. The van der Waals surface area contributed by atoms with Crippen molar-refractivity contribution < 1.29 is 13.6 Å². The normalized spacial score (nSPS) is 13.3. The van der Waals surface area contributed by atoms with Gasteiger partial charge in [-0.25, -0.2) is 13.8 Å². The Morgan fingerprint density at radius 2 is 1.84 bits per heavy atom. The van der Waals surface area contributed by atoms with Crippen LogP contribution >= 0.6 is 0 Å². The minimum absolute atomic E-state index is 0.230. The van der Waals surface area contributed by atoms with Gasteiger partial charge >= 0.3 is 0 Å². The third-order valence-corrected chi connectivity index (χ3v) is 5.04. The van der Waals surface area contributed by atoms with Crippen molar-refractivity contribution in [2.75, 3.05) is 5.32 Å². The number of rotatable bonds is 4. The predicted octanol–water partition coefficient (Wildman–Crippen LogP) is 4.39. The van der Waals surface area contributed by atoms with E-state index in [1.807, 2.05) is 4.57 Å². The van der Waals surface area contributed by atoms with Crippen LogP contribution in [0, 0.1) is 18.6 Å². The van der Waals surface area contributed by atoms with Gasteiger partial charge in [0.2, 0.25) is 5.91 Å². The smallest absolute Gasteiger partial charge is 0.246 e. The van der Waals surface area contributed by atoms with Gasteiger partial charge < -0.3 is 16.0 Å². The monoisotopic (exact) mass is 423 g/mol. The molecule has 8 heteroatoms. The summed E-state index contributed by atoms with van der Waals surface area (Å²) in [5, 5.41) is 3.30. The van der Waals surface area contributed by atoms with Gasteiger partial charge in [0.1, 0.15) is 29.0 Å². The number of hydrogen-bond donors (Lipinski definition) is 2. The van der Waals surface area contributed by atoms with E-state index in [1.54, 1.807) is 57.4 Å². The molecule has 0 saturated heterocycles. The van der Waals surface area contributed by atoms with Gasteiger partial charge in [-0.15, -0.1) is 0 Å². The number of benzene rings is 2. The maximum Gasteiger partial charge on any atom is 0.246 e. The lowest BCUT2D eigenvalue weighted by atomic mass is 10.1. The van der Waals surface area contributed by atoms with Gasteiger partial charge in [-0.1, -0.05) is 0 Å². The highest BCUT2D eigenvalue weighted by Gasteiger charge is 2.30. The first kappa shape index (κ1) is 20.7. The molecule has 3 aromatic rings. The molecule has 0 fully saturated rings. The van der Waals surface area contributed by atoms with Crippen LogP contribution in [0.25, 0.3) is 17.5 Å². The summed E-state index contributed by atoms with van der Waals surface area (Å²) in [6, 6.07) is 10.7. The van der Waals surface area contributed by atoms with Crippen molar-refractivity contribution in [3.05, 3.63) is 71.7 Å². The van der Waals surface area contributed by atoms with Crippen molar-refractivity contribution in [2.24, 2.45) is 5.73 Å². The number of nitrogens with two attached hydrogens (primary N) is 1. The Morgan fingerprint density at radius 3 is 2.48 bits per heavy atom. The highest BCUT2D eigenvalue weighted by atomic mass is 19.1. The molecule has 0 unspecified atom stereocenters. The summed E-state index contributed by atoms with van der Waals surface area (Å²) in [5.41, 5.74) is 7.42. The van der Waals surface area contributed by atoms with E-state index in [2.05, 4.69) is 5.32 Å². The van der Waals surface area contributed by atoms with Crippen LogP contribution in [-0.4, -0.2) is 25.9 Å². The highest BCUT2D eigenvalue weighted by Crippen LogP contribution is 2.34. The van der Waals surface area contributed by atoms with Crippen LogP contribution in [-0.2, 0) is 11.3 Å². The fourth-order valence-corrected chi connectivity index (χ4v) is 3.40. The van der Waals surface area contributed by atoms with Crippen molar-refractivity contribution in [2.45, 2.75) is 32.9 Å². The molecule has 0 aliphatic carbocycles. The van der Waals surface area contributed by atoms with Crippen molar-refractivity contribution >= 4 is 23.6 Å². The molecule has 2 aromatic carbocycles. The average Bonchev–Trinajstić information content (AvgIpc) is 3.07. The number of carbonyl (C=O) groups excluding carboxylic acids is 1. The van der Waals surface area contributed by atoms with Crippen LogP contribution in [0.1, 0.15) is 25.2 Å². The van der Waals surface area contributed by atoms with E-state index in [0.717, 1.165) is 0 Å². The maximum absolute atomic E-state index is 13.7. The summed E-state index contributed by atoms with van der Waals surface area (Å²) >= 11 is 0. The van der Waals surface area contributed by atoms with Crippen molar-refractivity contribution in [3.63, 3.8) is 0 Å². The van der Waals surface area contributed by atoms with E-state index >= 15 is 0 Å². The number of carbonyl (C=O) groups is 1. The van der Waals surface area contributed by atoms with Crippen LogP contribution in [0.3, 0.4) is 0 Å². The maximum atomic E-state index is 13.7. The molecule has 0 atom stereocenters. The molecule has 3 N–H and O–H groups in total. The molecule has 160 valence electrons. The minimum atomic E-state index is -1.02. The Labute approximate surface area is 179 Å². The summed E-state index contributed by atoms with van der Waals surface area (Å²) in [4.78, 5) is 18.8. The van der Waals surface area contributed by atoms with E-state index in [4.69, 9.17) is 10.7 Å². The third kappa shape index (κ3) is 4.06. The molecule has 1 aliphatic rings. The van der Waals surface area contributed by atoms with Gasteiger partial charge in [-0.2, -0.15) is 0 Å². The van der Waals surface area contributed by atoms with Gasteiger partial charge in [0.05, 0.1) is 12.1 Å². The SMILES string of the molecule is Cc1cc(Nc2c(-c3ccc(F)cc3)nc3n2C=CN(C(=O)C(C)(C)N)C3)ccc1F. The Kier molecular flexibility index (Phi) is 5.10. The van der Waals surface area contributed by atoms with Crippen LogP contribution in [0.2, 0.25) is 0 Å². The molecule has 2 heterocycles. The molecule has 1 amide bonds. The Morgan fingerprint density at radius 1 is 1.13 bits per heavy atom. The molecule has 6 nitrogen and oxygen atoms in total. The zero-order chi connectivity index (χ0) is 22.3. The second-order valence-electron chi connectivity index (χ2n) is 8.14. The molecule has 0 saturated carbocycles. The summed E-state index contributed by atoms with van der Waals surface area (Å²) in [5.74, 6) is 0.366. The second kappa shape index (κ2) is 7.63. The lowest BCUT2D eigenvalue weighted by Gasteiger charge is -2.28. The van der Waals surface area contributed by atoms with Gasteiger partial charge in [0.15, 0.2) is 0 Å². The fraction of sp³-hybridized carbons (Fsp3) is 0.217. The van der Waals surface area contributed by atoms with E-state index in [1.165, 1.54) is 23.1 Å². The van der Waals surface area contributed by atoms with Crippen LogP contribution in [0.4, 0.5) is 20.3 Å². The number of anilines is 2. The van der Waals surface area contributed by atoms with Gasteiger partial charge in [-0.3, -0.25) is 9.36 Å². The van der Waals surface area contributed by atoms with Crippen LogP contribution in [0.15, 0.2) is 48.7 Å². The Bertz CT molecular complexity index is 1180. The fourth-order valence-electron chi connectivity index (χ4n) is 3.40. The van der Waals surface area contributed by atoms with Gasteiger partial charge in [-0.05, 0) is 68.8 Å². The molecule has 1 aromatic heterocycles. The van der Waals surface area contributed by atoms with Crippen molar-refractivity contribution in [3.8, 4) is 11.3 Å². The van der Waals surface area contributed by atoms with E-state index in [0.29, 0.717) is 34.2 Å².